The van der Waals surface area contributed by atoms with Gasteiger partial charge < -0.3 is 10.0 Å². The van der Waals surface area contributed by atoms with E-state index in [-0.39, 0.29) is 11.8 Å². The van der Waals surface area contributed by atoms with Gasteiger partial charge in [-0.2, -0.15) is 0 Å². The fraction of sp³-hybridized carbons (Fsp3) is 0.857. The van der Waals surface area contributed by atoms with Gasteiger partial charge in [0.15, 0.2) is 9.84 Å². The molecule has 0 aliphatic heterocycles. The monoisotopic (exact) mass is 319 g/mol. The Labute approximate surface area is 126 Å². The molecule has 7 heteroatoms. The predicted molar refractivity (Wildman–Crippen MR) is 79.6 cm³/mol. The van der Waals surface area contributed by atoms with E-state index in [1.54, 1.807) is 20.9 Å². The first-order valence-corrected chi connectivity index (χ1v) is 9.19. The number of rotatable bonds is 5. The van der Waals surface area contributed by atoms with Crippen molar-refractivity contribution in [3.05, 3.63) is 0 Å². The van der Waals surface area contributed by atoms with Gasteiger partial charge in [-0.15, -0.1) is 0 Å². The van der Waals surface area contributed by atoms with Gasteiger partial charge in [0, 0.05) is 25.3 Å². The van der Waals surface area contributed by atoms with Crippen LogP contribution in [0.15, 0.2) is 0 Å². The molecule has 4 unspecified atom stereocenters. The highest BCUT2D eigenvalue weighted by atomic mass is 32.2. The smallest absolute Gasteiger partial charge is 0.306 e. The Hall–Kier alpha value is -1.11. The number of hydrogen-bond donors (Lipinski definition) is 1. The standard InChI is InChI=1S/C14H25NO5S/c1-9(10(2)21(4,19)20)15(3)13(16)11-6-5-7-12(8-11)14(17)18/h9-12H,5-8H2,1-4H3,(H,17,18). The number of carboxylic acids is 1. The van der Waals surface area contributed by atoms with Crippen molar-refractivity contribution in [1.82, 2.24) is 4.90 Å². The van der Waals surface area contributed by atoms with Gasteiger partial charge in [-0.1, -0.05) is 6.42 Å². The van der Waals surface area contributed by atoms with E-state index in [0.717, 1.165) is 12.7 Å². The van der Waals surface area contributed by atoms with E-state index in [0.29, 0.717) is 19.3 Å². The lowest BCUT2D eigenvalue weighted by molar-refractivity contribution is -0.145. The molecule has 1 amide bonds. The van der Waals surface area contributed by atoms with Crippen molar-refractivity contribution in [3.8, 4) is 0 Å². The second kappa shape index (κ2) is 6.77. The molecule has 0 heterocycles. The zero-order chi connectivity index (χ0) is 16.4. The highest BCUT2D eigenvalue weighted by molar-refractivity contribution is 7.91. The zero-order valence-electron chi connectivity index (χ0n) is 13.1. The number of sulfone groups is 1. The summed E-state index contributed by atoms with van der Waals surface area (Å²) in [6.07, 6.45) is 3.51. The Morgan fingerprint density at radius 2 is 1.71 bits per heavy atom. The van der Waals surface area contributed by atoms with Crippen LogP contribution in [0.1, 0.15) is 39.5 Å². The summed E-state index contributed by atoms with van der Waals surface area (Å²) in [5.74, 6) is -1.79. The molecule has 0 aromatic carbocycles. The molecule has 1 saturated carbocycles. The van der Waals surface area contributed by atoms with E-state index in [4.69, 9.17) is 5.11 Å². The van der Waals surface area contributed by atoms with Crippen molar-refractivity contribution in [2.45, 2.75) is 50.8 Å². The molecule has 1 rings (SSSR count). The lowest BCUT2D eigenvalue weighted by Crippen LogP contribution is -2.47. The molecule has 0 radical (unpaired) electrons. The Balaban J connectivity index is 2.76. The minimum atomic E-state index is -3.22. The quantitative estimate of drug-likeness (QED) is 0.821. The first-order valence-electron chi connectivity index (χ1n) is 7.24. The second-order valence-corrected chi connectivity index (χ2v) is 8.53. The highest BCUT2D eigenvalue weighted by Crippen LogP contribution is 2.31. The van der Waals surface area contributed by atoms with Gasteiger partial charge >= 0.3 is 5.97 Å². The van der Waals surface area contributed by atoms with E-state index in [9.17, 15) is 18.0 Å². The average molecular weight is 319 g/mol. The molecule has 21 heavy (non-hydrogen) atoms. The van der Waals surface area contributed by atoms with E-state index >= 15 is 0 Å². The van der Waals surface area contributed by atoms with Gasteiger partial charge in [-0.3, -0.25) is 9.59 Å². The normalized spacial score (nSPS) is 25.9. The summed E-state index contributed by atoms with van der Waals surface area (Å²) < 4.78 is 23.2. The molecular formula is C14H25NO5S. The summed E-state index contributed by atoms with van der Waals surface area (Å²) in [7, 11) is -1.63. The fourth-order valence-electron chi connectivity index (χ4n) is 2.80. The Bertz CT molecular complexity index is 501. The maximum Gasteiger partial charge on any atom is 0.306 e. The average Bonchev–Trinajstić information content (AvgIpc) is 2.43. The molecule has 122 valence electrons. The summed E-state index contributed by atoms with van der Waals surface area (Å²) in [5, 5.41) is 8.43. The minimum absolute atomic E-state index is 0.149. The zero-order valence-corrected chi connectivity index (χ0v) is 13.9. The van der Waals surface area contributed by atoms with Crippen molar-refractivity contribution in [1.29, 1.82) is 0 Å². The van der Waals surface area contributed by atoms with Crippen LogP contribution in [-0.4, -0.2) is 54.9 Å². The maximum absolute atomic E-state index is 12.5. The van der Waals surface area contributed by atoms with Crippen molar-refractivity contribution >= 4 is 21.7 Å². The van der Waals surface area contributed by atoms with E-state index in [1.165, 1.54) is 4.90 Å². The summed E-state index contributed by atoms with van der Waals surface area (Å²) in [6.45, 7) is 3.30. The van der Waals surface area contributed by atoms with Gasteiger partial charge in [-0.05, 0) is 33.1 Å². The number of carboxylic acid groups (broad SMARTS) is 1. The third-order valence-electron chi connectivity index (χ3n) is 4.69. The largest absolute Gasteiger partial charge is 0.481 e. The maximum atomic E-state index is 12.5. The first-order chi connectivity index (χ1) is 9.55. The predicted octanol–water partition coefficient (Wildman–Crippen LogP) is 1.16. The van der Waals surface area contributed by atoms with Crippen molar-refractivity contribution in [2.24, 2.45) is 11.8 Å². The molecule has 0 saturated heterocycles. The first kappa shape index (κ1) is 17.9. The van der Waals surface area contributed by atoms with Crippen molar-refractivity contribution < 1.29 is 23.1 Å². The number of aliphatic carboxylic acids is 1. The molecule has 1 aliphatic rings. The van der Waals surface area contributed by atoms with Gasteiger partial charge in [0.05, 0.1) is 11.2 Å². The second-order valence-electron chi connectivity index (χ2n) is 6.12. The van der Waals surface area contributed by atoms with Crippen LogP contribution in [-0.2, 0) is 19.4 Å². The van der Waals surface area contributed by atoms with Crippen LogP contribution in [0.25, 0.3) is 0 Å². The topological polar surface area (TPSA) is 91.8 Å². The summed E-state index contributed by atoms with van der Waals surface area (Å²) in [6, 6.07) is -0.433. The fourth-order valence-corrected chi connectivity index (χ4v) is 3.70. The van der Waals surface area contributed by atoms with E-state index in [1.807, 2.05) is 0 Å². The third kappa shape index (κ3) is 4.43. The molecular weight excluding hydrogens is 294 g/mol. The van der Waals surface area contributed by atoms with Crippen LogP contribution in [0.5, 0.6) is 0 Å². The van der Waals surface area contributed by atoms with Crippen LogP contribution in [0.3, 0.4) is 0 Å². The van der Waals surface area contributed by atoms with Gasteiger partial charge in [0.2, 0.25) is 5.91 Å². The minimum Gasteiger partial charge on any atom is -0.481 e. The van der Waals surface area contributed by atoms with E-state index in [2.05, 4.69) is 0 Å². The van der Waals surface area contributed by atoms with Gasteiger partial charge in [0.25, 0.3) is 0 Å². The van der Waals surface area contributed by atoms with Crippen LogP contribution in [0.2, 0.25) is 0 Å². The van der Waals surface area contributed by atoms with Crippen molar-refractivity contribution in [2.75, 3.05) is 13.3 Å². The Kier molecular flexibility index (Phi) is 5.78. The lowest BCUT2D eigenvalue weighted by atomic mass is 9.80. The molecule has 0 aromatic heterocycles. The van der Waals surface area contributed by atoms with Crippen LogP contribution >= 0.6 is 0 Å². The summed E-state index contributed by atoms with van der Waals surface area (Å²) in [4.78, 5) is 25.0. The number of nitrogens with zero attached hydrogens (tertiary/aromatic N) is 1. The summed E-state index contributed by atoms with van der Waals surface area (Å²) in [5.41, 5.74) is 0. The summed E-state index contributed by atoms with van der Waals surface area (Å²) >= 11 is 0. The Morgan fingerprint density at radius 1 is 1.19 bits per heavy atom. The Morgan fingerprint density at radius 3 is 2.19 bits per heavy atom. The molecule has 1 fully saturated rings. The SMILES string of the molecule is CC(C(C)S(C)(=O)=O)N(C)C(=O)C1CCCC(C(=O)O)C1. The van der Waals surface area contributed by atoms with Gasteiger partial charge in [-0.25, -0.2) is 8.42 Å². The molecule has 4 atom stereocenters. The number of carbonyl (C=O) groups excluding carboxylic acids is 1. The molecule has 1 aliphatic carbocycles. The molecule has 0 spiro atoms. The van der Waals surface area contributed by atoms with Gasteiger partial charge in [0.1, 0.15) is 0 Å². The third-order valence-corrected chi connectivity index (χ3v) is 6.43. The lowest BCUT2D eigenvalue weighted by Gasteiger charge is -2.34. The number of hydrogen-bond acceptors (Lipinski definition) is 4. The highest BCUT2D eigenvalue weighted by Gasteiger charge is 2.35. The van der Waals surface area contributed by atoms with Crippen LogP contribution in [0, 0.1) is 11.8 Å². The van der Waals surface area contributed by atoms with Crippen LogP contribution < -0.4 is 0 Å². The number of carbonyl (C=O) groups is 2. The molecule has 0 bridgehead atoms. The van der Waals surface area contributed by atoms with Crippen molar-refractivity contribution in [3.63, 3.8) is 0 Å². The van der Waals surface area contributed by atoms with Crippen LogP contribution in [0.4, 0.5) is 0 Å². The van der Waals surface area contributed by atoms with E-state index < -0.39 is 33.0 Å². The molecule has 1 N–H and O–H groups in total. The molecule has 6 nitrogen and oxygen atoms in total. The molecule has 0 aromatic rings. The number of amides is 1.